The van der Waals surface area contributed by atoms with Gasteiger partial charge < -0.3 is 23.8 Å². The molecule has 43 heavy (non-hydrogen) atoms. The lowest BCUT2D eigenvalue weighted by molar-refractivity contribution is 0.0704. The Balaban J connectivity index is 1.19. The molecule has 6 rings (SSSR count). The van der Waals surface area contributed by atoms with Crippen molar-refractivity contribution >= 4 is 23.2 Å². The molecule has 0 radical (unpaired) electrons. The summed E-state index contributed by atoms with van der Waals surface area (Å²) in [5.41, 5.74) is 4.91. The number of carbonyl (C=O) groups excluding carboxylic acids is 2. The molecule has 1 saturated heterocycles. The van der Waals surface area contributed by atoms with Crippen molar-refractivity contribution in [2.75, 3.05) is 36.0 Å². The quantitative estimate of drug-likeness (QED) is 0.268. The van der Waals surface area contributed by atoms with Crippen LogP contribution in [0.25, 0.3) is 0 Å². The first kappa shape index (κ1) is 27.5. The van der Waals surface area contributed by atoms with Crippen LogP contribution >= 0.6 is 0 Å². The van der Waals surface area contributed by atoms with Crippen molar-refractivity contribution in [1.82, 2.24) is 19.6 Å². The minimum Gasteiger partial charge on any atom is -0.368 e. The van der Waals surface area contributed by atoms with E-state index in [9.17, 15) is 9.59 Å². The van der Waals surface area contributed by atoms with Crippen LogP contribution in [0.3, 0.4) is 0 Å². The van der Waals surface area contributed by atoms with Crippen LogP contribution in [0, 0.1) is 11.3 Å². The number of hydrogen-bond donors (Lipinski definition) is 0. The van der Waals surface area contributed by atoms with Crippen LogP contribution in [-0.2, 0) is 13.1 Å². The second-order valence-corrected chi connectivity index (χ2v) is 10.3. The van der Waals surface area contributed by atoms with Crippen LogP contribution in [0.1, 0.15) is 37.7 Å². The Labute approximate surface area is 249 Å². The van der Waals surface area contributed by atoms with Gasteiger partial charge in [0, 0.05) is 61.9 Å². The van der Waals surface area contributed by atoms with Crippen LogP contribution in [0.15, 0.2) is 108 Å². The maximum atomic E-state index is 13.8. The number of benzene rings is 3. The van der Waals surface area contributed by atoms with Crippen molar-refractivity contribution in [2.24, 2.45) is 0 Å². The molecule has 0 N–H and O–H groups in total. The van der Waals surface area contributed by atoms with Gasteiger partial charge in [-0.2, -0.15) is 5.26 Å². The fourth-order valence-corrected chi connectivity index (χ4v) is 5.18. The molecule has 1 aliphatic rings. The molecule has 10 heteroatoms. The summed E-state index contributed by atoms with van der Waals surface area (Å²) in [5, 5.41) is 12.7. The number of nitrogens with zero attached hydrogens (tertiary/aromatic N) is 7. The molecule has 0 atom stereocenters. The third kappa shape index (κ3) is 6.16. The van der Waals surface area contributed by atoms with Gasteiger partial charge in [-0.1, -0.05) is 35.5 Å². The third-order valence-corrected chi connectivity index (χ3v) is 7.56. The molecular weight excluding hydrogens is 542 g/mol. The first-order valence-electron chi connectivity index (χ1n) is 14.0. The number of nitriles is 1. The Morgan fingerprint density at radius 3 is 2.33 bits per heavy atom. The molecule has 0 saturated carbocycles. The average Bonchev–Trinajstić information content (AvgIpc) is 3.77. The summed E-state index contributed by atoms with van der Waals surface area (Å²) in [6, 6.07) is 28.4. The van der Waals surface area contributed by atoms with Crippen LogP contribution < -0.4 is 9.80 Å². The zero-order valence-electron chi connectivity index (χ0n) is 23.4. The van der Waals surface area contributed by atoms with E-state index in [4.69, 9.17) is 9.78 Å². The second kappa shape index (κ2) is 12.4. The van der Waals surface area contributed by atoms with Crippen LogP contribution in [-0.4, -0.2) is 57.6 Å². The summed E-state index contributed by atoms with van der Waals surface area (Å²) in [4.78, 5) is 36.5. The second-order valence-electron chi connectivity index (χ2n) is 10.3. The molecular formula is C33H29N7O3. The van der Waals surface area contributed by atoms with E-state index >= 15 is 0 Å². The summed E-state index contributed by atoms with van der Waals surface area (Å²) in [6.45, 7) is 3.40. The molecule has 1 aliphatic heterocycles. The van der Waals surface area contributed by atoms with Crippen molar-refractivity contribution in [3.8, 4) is 6.07 Å². The van der Waals surface area contributed by atoms with Crippen molar-refractivity contribution in [2.45, 2.75) is 13.1 Å². The summed E-state index contributed by atoms with van der Waals surface area (Å²) < 4.78 is 7.04. The molecule has 0 bridgehead atoms. The number of rotatable bonds is 8. The zero-order chi connectivity index (χ0) is 29.6. The van der Waals surface area contributed by atoms with Crippen molar-refractivity contribution < 1.29 is 14.1 Å². The Kier molecular flexibility index (Phi) is 7.95. The summed E-state index contributed by atoms with van der Waals surface area (Å²) in [5.74, 6) is -0.0146. The van der Waals surface area contributed by atoms with E-state index in [1.165, 1.54) is 6.20 Å². The van der Waals surface area contributed by atoms with E-state index in [0.717, 1.165) is 22.6 Å². The molecule has 214 valence electrons. The van der Waals surface area contributed by atoms with E-state index in [2.05, 4.69) is 21.1 Å². The van der Waals surface area contributed by atoms with Gasteiger partial charge in [0.2, 0.25) is 5.76 Å². The number of aromatic nitrogens is 3. The normalized spacial score (nSPS) is 13.0. The third-order valence-electron chi connectivity index (χ3n) is 7.56. The SMILES string of the molecule is N#Cc1ccc(Cn2cncc2CN(C(=O)c2ccccc2)c2ccc(N3CCN(C(=O)c4ccno4)CC3)cc2)cc1. The Hall–Kier alpha value is -5.69. The van der Waals surface area contributed by atoms with Gasteiger partial charge >= 0.3 is 0 Å². The molecule has 0 unspecified atom stereocenters. The van der Waals surface area contributed by atoms with E-state index in [1.54, 1.807) is 40.5 Å². The van der Waals surface area contributed by atoms with Crippen LogP contribution in [0.4, 0.5) is 11.4 Å². The van der Waals surface area contributed by atoms with Crippen LogP contribution in [0.5, 0.6) is 0 Å². The number of hydrogen-bond acceptors (Lipinski definition) is 7. The highest BCUT2D eigenvalue weighted by molar-refractivity contribution is 6.06. The predicted molar refractivity (Wildman–Crippen MR) is 161 cm³/mol. The summed E-state index contributed by atoms with van der Waals surface area (Å²) >= 11 is 0. The minimum atomic E-state index is -0.152. The number of piperazine rings is 1. The highest BCUT2D eigenvalue weighted by atomic mass is 16.5. The molecule has 2 amide bonds. The van der Waals surface area contributed by atoms with E-state index in [0.29, 0.717) is 50.4 Å². The zero-order valence-corrected chi connectivity index (χ0v) is 23.4. The first-order valence-corrected chi connectivity index (χ1v) is 14.0. The number of amides is 2. The molecule has 0 spiro atoms. The van der Waals surface area contributed by atoms with E-state index in [1.807, 2.05) is 71.3 Å². The molecule has 3 aromatic carbocycles. The summed E-state index contributed by atoms with van der Waals surface area (Å²) in [6.07, 6.45) is 5.01. The van der Waals surface area contributed by atoms with Gasteiger partial charge in [-0.25, -0.2) is 4.98 Å². The van der Waals surface area contributed by atoms with E-state index in [-0.39, 0.29) is 17.6 Å². The molecule has 10 nitrogen and oxygen atoms in total. The monoisotopic (exact) mass is 571 g/mol. The van der Waals surface area contributed by atoms with Gasteiger partial charge in [-0.3, -0.25) is 9.59 Å². The molecule has 3 heterocycles. The highest BCUT2D eigenvalue weighted by Gasteiger charge is 2.25. The molecule has 0 aliphatic carbocycles. The lowest BCUT2D eigenvalue weighted by Gasteiger charge is -2.35. The average molecular weight is 572 g/mol. The Bertz CT molecular complexity index is 1720. The fourth-order valence-electron chi connectivity index (χ4n) is 5.18. The Morgan fingerprint density at radius 1 is 0.907 bits per heavy atom. The maximum Gasteiger partial charge on any atom is 0.292 e. The van der Waals surface area contributed by atoms with Crippen molar-refractivity contribution in [3.05, 3.63) is 132 Å². The predicted octanol–water partition coefficient (Wildman–Crippen LogP) is 4.60. The standard InChI is InChI=1S/C33H29N7O3/c34-20-25-6-8-26(9-7-25)22-39-24-35-21-30(39)23-40(32(41)27-4-2-1-3-5-27)29-12-10-28(11-13-29)37-16-18-38(19-17-37)33(42)31-14-15-36-43-31/h1-15,21,24H,16-19,22-23H2. The molecule has 1 fully saturated rings. The fraction of sp³-hybridized carbons (Fsp3) is 0.182. The van der Waals surface area contributed by atoms with E-state index < -0.39 is 0 Å². The summed E-state index contributed by atoms with van der Waals surface area (Å²) in [7, 11) is 0. The largest absolute Gasteiger partial charge is 0.368 e. The van der Waals surface area contributed by atoms with Gasteiger partial charge in [0.05, 0.1) is 36.4 Å². The number of imidazole rings is 1. The van der Waals surface area contributed by atoms with Crippen LogP contribution in [0.2, 0.25) is 0 Å². The van der Waals surface area contributed by atoms with Gasteiger partial charge in [-0.05, 0) is 54.1 Å². The van der Waals surface area contributed by atoms with Gasteiger partial charge in [0.15, 0.2) is 0 Å². The van der Waals surface area contributed by atoms with Gasteiger partial charge in [-0.15, -0.1) is 0 Å². The topological polar surface area (TPSA) is 112 Å². The number of anilines is 2. The lowest BCUT2D eigenvalue weighted by atomic mass is 10.1. The first-order chi connectivity index (χ1) is 21.1. The lowest BCUT2D eigenvalue weighted by Crippen LogP contribution is -2.48. The highest BCUT2D eigenvalue weighted by Crippen LogP contribution is 2.26. The smallest absolute Gasteiger partial charge is 0.292 e. The maximum absolute atomic E-state index is 13.8. The molecule has 2 aromatic heterocycles. The van der Waals surface area contributed by atoms with Crippen molar-refractivity contribution in [3.63, 3.8) is 0 Å². The van der Waals surface area contributed by atoms with Gasteiger partial charge in [0.1, 0.15) is 0 Å². The molecule has 5 aromatic rings. The Morgan fingerprint density at radius 2 is 1.65 bits per heavy atom. The number of carbonyl (C=O) groups is 2. The van der Waals surface area contributed by atoms with Crippen molar-refractivity contribution in [1.29, 1.82) is 5.26 Å². The van der Waals surface area contributed by atoms with Gasteiger partial charge in [0.25, 0.3) is 11.8 Å². The minimum absolute atomic E-state index is 0.112.